The van der Waals surface area contributed by atoms with Crippen LogP contribution in [-0.2, 0) is 6.54 Å². The van der Waals surface area contributed by atoms with E-state index in [0.717, 1.165) is 29.4 Å². The van der Waals surface area contributed by atoms with Gasteiger partial charge < -0.3 is 14.8 Å². The number of amides is 1. The maximum Gasteiger partial charge on any atom is 0.287 e. The van der Waals surface area contributed by atoms with E-state index in [4.69, 9.17) is 0 Å². The van der Waals surface area contributed by atoms with E-state index in [1.165, 1.54) is 12.8 Å². The van der Waals surface area contributed by atoms with Gasteiger partial charge in [0.1, 0.15) is 0 Å². The van der Waals surface area contributed by atoms with Crippen LogP contribution in [0.15, 0.2) is 54.6 Å². The molecule has 2 aliphatic heterocycles. The number of benzene rings is 2. The van der Waals surface area contributed by atoms with E-state index in [-0.39, 0.29) is 11.9 Å². The third kappa shape index (κ3) is 3.10. The minimum atomic E-state index is -0.0546. The number of hydrogen-bond acceptors (Lipinski definition) is 3. The van der Waals surface area contributed by atoms with Crippen molar-refractivity contribution in [2.75, 3.05) is 7.05 Å². The molecule has 3 heterocycles. The molecular weight excluding hydrogens is 348 g/mol. The Labute approximate surface area is 165 Å². The molecule has 1 amide bonds. The van der Waals surface area contributed by atoms with Crippen LogP contribution in [0.3, 0.4) is 0 Å². The highest BCUT2D eigenvalue weighted by atomic mass is 16.2. The van der Waals surface area contributed by atoms with Gasteiger partial charge in [0.25, 0.3) is 5.91 Å². The summed E-state index contributed by atoms with van der Waals surface area (Å²) < 4.78 is 2.05. The average molecular weight is 374 g/mol. The normalized spacial score (nSPS) is 24.5. The molecule has 5 nitrogen and oxygen atoms in total. The van der Waals surface area contributed by atoms with Crippen LogP contribution < -0.4 is 5.32 Å². The molecule has 2 aliphatic rings. The zero-order valence-corrected chi connectivity index (χ0v) is 16.2. The summed E-state index contributed by atoms with van der Waals surface area (Å²) in [5.41, 5.74) is 3.03. The van der Waals surface area contributed by atoms with Gasteiger partial charge in [0.15, 0.2) is 5.82 Å². The molecule has 2 fully saturated rings. The van der Waals surface area contributed by atoms with Gasteiger partial charge >= 0.3 is 0 Å². The lowest BCUT2D eigenvalue weighted by Crippen LogP contribution is -2.49. The van der Waals surface area contributed by atoms with Gasteiger partial charge in [-0.3, -0.25) is 4.79 Å². The quantitative estimate of drug-likeness (QED) is 0.761. The fraction of sp³-hybridized carbons (Fsp3) is 0.391. The first-order valence-corrected chi connectivity index (χ1v) is 10.2. The molecule has 2 aromatic carbocycles. The van der Waals surface area contributed by atoms with Gasteiger partial charge in [-0.05, 0) is 50.4 Å². The Balaban J connectivity index is 1.43. The van der Waals surface area contributed by atoms with Gasteiger partial charge in [0.2, 0.25) is 0 Å². The summed E-state index contributed by atoms with van der Waals surface area (Å²) in [6.45, 7) is 0.642. The van der Waals surface area contributed by atoms with Gasteiger partial charge in [-0.25, -0.2) is 4.98 Å². The summed E-state index contributed by atoms with van der Waals surface area (Å²) in [7, 11) is 2.22. The Morgan fingerprint density at radius 2 is 1.71 bits per heavy atom. The summed E-state index contributed by atoms with van der Waals surface area (Å²) in [5, 5.41) is 3.29. The zero-order valence-electron chi connectivity index (χ0n) is 16.2. The third-order valence-electron chi connectivity index (χ3n) is 6.47. The van der Waals surface area contributed by atoms with Crippen molar-refractivity contribution in [3.63, 3.8) is 0 Å². The van der Waals surface area contributed by atoms with Crippen LogP contribution in [0.1, 0.15) is 41.9 Å². The highest BCUT2D eigenvalue weighted by molar-refractivity contribution is 5.95. The van der Waals surface area contributed by atoms with Crippen LogP contribution in [-0.4, -0.2) is 45.5 Å². The third-order valence-corrected chi connectivity index (χ3v) is 6.47. The van der Waals surface area contributed by atoms with Crippen molar-refractivity contribution in [3.05, 3.63) is 66.0 Å². The molecule has 2 saturated heterocycles. The molecule has 1 N–H and O–H groups in total. The molecule has 0 aliphatic carbocycles. The van der Waals surface area contributed by atoms with Crippen LogP contribution in [0.25, 0.3) is 11.0 Å². The molecule has 3 aromatic rings. The van der Waals surface area contributed by atoms with Gasteiger partial charge in [-0.2, -0.15) is 0 Å². The first kappa shape index (κ1) is 17.4. The second-order valence-electron chi connectivity index (χ2n) is 8.19. The minimum absolute atomic E-state index is 0.0546. The number of rotatable bonds is 4. The molecule has 2 atom stereocenters. The fourth-order valence-corrected chi connectivity index (χ4v) is 4.95. The van der Waals surface area contributed by atoms with Crippen molar-refractivity contribution in [1.29, 1.82) is 0 Å². The highest BCUT2D eigenvalue weighted by Crippen LogP contribution is 2.34. The summed E-state index contributed by atoms with van der Waals surface area (Å²) in [6.07, 6.45) is 4.58. The maximum atomic E-state index is 13.2. The van der Waals surface area contributed by atoms with E-state index >= 15 is 0 Å². The second kappa shape index (κ2) is 7.06. The Bertz CT molecular complexity index is 982. The monoisotopic (exact) mass is 374 g/mol. The predicted molar refractivity (Wildman–Crippen MR) is 110 cm³/mol. The lowest BCUT2D eigenvalue weighted by Gasteiger charge is -2.36. The number of piperidine rings is 1. The summed E-state index contributed by atoms with van der Waals surface area (Å²) in [4.78, 5) is 20.4. The second-order valence-corrected chi connectivity index (χ2v) is 8.19. The van der Waals surface area contributed by atoms with E-state index in [0.29, 0.717) is 24.5 Å². The first-order valence-electron chi connectivity index (χ1n) is 10.2. The van der Waals surface area contributed by atoms with Crippen LogP contribution in [0, 0.1) is 0 Å². The van der Waals surface area contributed by atoms with Crippen LogP contribution >= 0.6 is 0 Å². The van der Waals surface area contributed by atoms with E-state index in [2.05, 4.69) is 34.4 Å². The molecule has 1 aromatic heterocycles. The molecule has 5 rings (SSSR count). The lowest BCUT2D eigenvalue weighted by atomic mass is 9.98. The Hall–Kier alpha value is -2.66. The van der Waals surface area contributed by atoms with Crippen molar-refractivity contribution in [2.45, 2.75) is 50.4 Å². The average Bonchev–Trinajstić information content (AvgIpc) is 3.15. The van der Waals surface area contributed by atoms with Crippen molar-refractivity contribution >= 4 is 16.9 Å². The largest absolute Gasteiger partial charge is 0.347 e. The maximum absolute atomic E-state index is 13.2. The predicted octanol–water partition coefficient (Wildman–Crippen LogP) is 3.44. The standard InChI is InChI=1S/C23H26N4O/c1-26-18-11-12-19(26)14-17(13-18)24-23(28)22-25-20-9-5-6-10-21(20)27(22)15-16-7-3-2-4-8-16/h2-10,17-19H,11-15H2,1H3,(H,24,28). The van der Waals surface area contributed by atoms with Gasteiger partial charge in [-0.1, -0.05) is 42.5 Å². The number of para-hydroxylation sites is 2. The van der Waals surface area contributed by atoms with Gasteiger partial charge in [0.05, 0.1) is 11.0 Å². The lowest BCUT2D eigenvalue weighted by molar-refractivity contribution is 0.0869. The number of nitrogens with one attached hydrogen (secondary N) is 1. The van der Waals surface area contributed by atoms with E-state index < -0.39 is 0 Å². The summed E-state index contributed by atoms with van der Waals surface area (Å²) in [6, 6.07) is 19.7. The summed E-state index contributed by atoms with van der Waals surface area (Å²) in [5.74, 6) is 0.456. The first-order chi connectivity index (χ1) is 13.7. The molecule has 28 heavy (non-hydrogen) atoms. The molecule has 0 spiro atoms. The van der Waals surface area contributed by atoms with E-state index in [1.807, 2.05) is 47.0 Å². The van der Waals surface area contributed by atoms with Crippen molar-refractivity contribution in [1.82, 2.24) is 19.8 Å². The Morgan fingerprint density at radius 3 is 2.46 bits per heavy atom. The smallest absolute Gasteiger partial charge is 0.287 e. The minimum Gasteiger partial charge on any atom is -0.347 e. The topological polar surface area (TPSA) is 50.2 Å². The van der Waals surface area contributed by atoms with Crippen LogP contribution in [0.4, 0.5) is 0 Å². The van der Waals surface area contributed by atoms with Crippen molar-refractivity contribution < 1.29 is 4.79 Å². The molecular formula is C23H26N4O. The number of fused-ring (bicyclic) bond motifs is 3. The van der Waals surface area contributed by atoms with Gasteiger partial charge in [0, 0.05) is 24.7 Å². The number of carbonyl (C=O) groups is 1. The van der Waals surface area contributed by atoms with Crippen molar-refractivity contribution in [2.24, 2.45) is 0 Å². The Morgan fingerprint density at radius 1 is 1.04 bits per heavy atom. The number of nitrogens with zero attached hydrogens (tertiary/aromatic N) is 3. The molecule has 144 valence electrons. The molecule has 0 radical (unpaired) electrons. The van der Waals surface area contributed by atoms with Gasteiger partial charge in [-0.15, -0.1) is 0 Å². The van der Waals surface area contributed by atoms with E-state index in [9.17, 15) is 4.79 Å². The van der Waals surface area contributed by atoms with E-state index in [1.54, 1.807) is 0 Å². The van der Waals surface area contributed by atoms with Crippen molar-refractivity contribution in [3.8, 4) is 0 Å². The van der Waals surface area contributed by atoms with Crippen LogP contribution in [0.5, 0.6) is 0 Å². The number of imidazole rings is 1. The van der Waals surface area contributed by atoms with Crippen LogP contribution in [0.2, 0.25) is 0 Å². The molecule has 2 unspecified atom stereocenters. The number of carbonyl (C=O) groups excluding carboxylic acids is 1. The number of hydrogen-bond donors (Lipinski definition) is 1. The zero-order chi connectivity index (χ0) is 19.1. The Kier molecular flexibility index (Phi) is 4.40. The molecule has 2 bridgehead atoms. The highest BCUT2D eigenvalue weighted by Gasteiger charge is 2.39. The fourth-order valence-electron chi connectivity index (χ4n) is 4.95. The number of aromatic nitrogens is 2. The molecule has 5 heteroatoms. The molecule has 0 saturated carbocycles. The summed E-state index contributed by atoms with van der Waals surface area (Å²) >= 11 is 0. The SMILES string of the molecule is CN1C2CCC1CC(NC(=O)c1nc3ccccc3n1Cc1ccccc1)C2.